The number of hydrogen-bond donors (Lipinski definition) is 1. The average Bonchev–Trinajstić information content (AvgIpc) is 3.13. The number of benzene rings is 1. The molecule has 0 saturated carbocycles. The maximum atomic E-state index is 12.8. The van der Waals surface area contributed by atoms with Gasteiger partial charge in [0.2, 0.25) is 0 Å². The van der Waals surface area contributed by atoms with Crippen LogP contribution in [0.5, 0.6) is 11.5 Å². The Balaban J connectivity index is 1.35. The van der Waals surface area contributed by atoms with Gasteiger partial charge in [-0.25, -0.2) is 4.98 Å². The van der Waals surface area contributed by atoms with Crippen molar-refractivity contribution in [3.63, 3.8) is 0 Å². The first-order chi connectivity index (χ1) is 13.2. The SMILES string of the molecule is CCOc1cccc(OC2CCN(C(=O)c3cc4cccnc4[nH]3)CC2)c1. The van der Waals surface area contributed by atoms with E-state index in [1.54, 1.807) is 6.20 Å². The molecule has 1 aliphatic rings. The van der Waals surface area contributed by atoms with Crippen molar-refractivity contribution in [3.05, 3.63) is 54.4 Å². The van der Waals surface area contributed by atoms with E-state index >= 15 is 0 Å². The Labute approximate surface area is 158 Å². The quantitative estimate of drug-likeness (QED) is 0.749. The molecule has 0 atom stereocenters. The Kier molecular flexibility index (Phi) is 4.96. The van der Waals surface area contributed by atoms with Crippen molar-refractivity contribution in [2.45, 2.75) is 25.9 Å². The van der Waals surface area contributed by atoms with Crippen LogP contribution in [0.4, 0.5) is 0 Å². The summed E-state index contributed by atoms with van der Waals surface area (Å²) in [5.74, 6) is 1.65. The van der Waals surface area contributed by atoms with Gasteiger partial charge in [0.1, 0.15) is 28.9 Å². The van der Waals surface area contributed by atoms with Gasteiger partial charge in [-0.2, -0.15) is 0 Å². The lowest BCUT2D eigenvalue weighted by Crippen LogP contribution is -2.41. The normalized spacial score (nSPS) is 15.1. The molecule has 0 unspecified atom stereocenters. The summed E-state index contributed by atoms with van der Waals surface area (Å²) in [7, 11) is 0. The first-order valence-corrected chi connectivity index (χ1v) is 9.35. The van der Waals surface area contributed by atoms with Crippen LogP contribution in [0, 0.1) is 0 Å². The number of H-pyrrole nitrogens is 1. The molecule has 6 nitrogen and oxygen atoms in total. The second kappa shape index (κ2) is 7.70. The molecule has 1 N–H and O–H groups in total. The molecule has 27 heavy (non-hydrogen) atoms. The Morgan fingerprint density at radius 2 is 2.00 bits per heavy atom. The van der Waals surface area contributed by atoms with Gasteiger partial charge in [0.05, 0.1) is 6.61 Å². The molecule has 1 amide bonds. The molecule has 1 fully saturated rings. The Morgan fingerprint density at radius 1 is 1.19 bits per heavy atom. The smallest absolute Gasteiger partial charge is 0.270 e. The summed E-state index contributed by atoms with van der Waals surface area (Å²) in [6, 6.07) is 13.4. The summed E-state index contributed by atoms with van der Waals surface area (Å²) in [5.41, 5.74) is 1.33. The number of likely N-dealkylation sites (tertiary alicyclic amines) is 1. The standard InChI is InChI=1S/C21H23N3O3/c1-2-26-17-6-3-7-18(14-17)27-16-8-11-24(12-9-16)21(25)19-13-15-5-4-10-22-20(15)23-19/h3-7,10,13-14,16H,2,8-9,11-12H2,1H3,(H,22,23). The largest absolute Gasteiger partial charge is 0.494 e. The highest BCUT2D eigenvalue weighted by molar-refractivity contribution is 5.97. The van der Waals surface area contributed by atoms with Crippen molar-refractivity contribution in [1.82, 2.24) is 14.9 Å². The fraction of sp³-hybridized carbons (Fsp3) is 0.333. The molecule has 0 aliphatic carbocycles. The van der Waals surface area contributed by atoms with E-state index < -0.39 is 0 Å². The van der Waals surface area contributed by atoms with Crippen molar-refractivity contribution in [2.75, 3.05) is 19.7 Å². The van der Waals surface area contributed by atoms with Gasteiger partial charge in [0.15, 0.2) is 0 Å². The number of ether oxygens (including phenoxy) is 2. The first kappa shape index (κ1) is 17.4. The summed E-state index contributed by atoms with van der Waals surface area (Å²) >= 11 is 0. The van der Waals surface area contributed by atoms with Gasteiger partial charge in [-0.05, 0) is 37.3 Å². The minimum atomic E-state index is 0.0183. The topological polar surface area (TPSA) is 67.5 Å². The van der Waals surface area contributed by atoms with Crippen LogP contribution >= 0.6 is 0 Å². The molecule has 0 bridgehead atoms. The molecule has 3 heterocycles. The number of fused-ring (bicyclic) bond motifs is 1. The fourth-order valence-corrected chi connectivity index (χ4v) is 3.42. The third-order valence-electron chi connectivity index (χ3n) is 4.77. The van der Waals surface area contributed by atoms with Gasteiger partial charge in [0.25, 0.3) is 5.91 Å². The molecule has 1 aliphatic heterocycles. The lowest BCUT2D eigenvalue weighted by Gasteiger charge is -2.32. The van der Waals surface area contributed by atoms with Gasteiger partial charge >= 0.3 is 0 Å². The van der Waals surface area contributed by atoms with E-state index in [1.165, 1.54) is 0 Å². The summed E-state index contributed by atoms with van der Waals surface area (Å²) in [4.78, 5) is 22.0. The maximum Gasteiger partial charge on any atom is 0.270 e. The molecule has 0 spiro atoms. The minimum Gasteiger partial charge on any atom is -0.494 e. The van der Waals surface area contributed by atoms with E-state index in [2.05, 4.69) is 9.97 Å². The van der Waals surface area contributed by atoms with Crippen LogP contribution in [0.2, 0.25) is 0 Å². The van der Waals surface area contributed by atoms with Gasteiger partial charge in [-0.1, -0.05) is 6.07 Å². The molecule has 4 rings (SSSR count). The number of carbonyl (C=O) groups is 1. The highest BCUT2D eigenvalue weighted by atomic mass is 16.5. The van der Waals surface area contributed by atoms with Crippen molar-refractivity contribution in [3.8, 4) is 11.5 Å². The van der Waals surface area contributed by atoms with Crippen LogP contribution in [0.1, 0.15) is 30.3 Å². The van der Waals surface area contributed by atoms with E-state index in [1.807, 2.05) is 54.3 Å². The Morgan fingerprint density at radius 3 is 2.78 bits per heavy atom. The third-order valence-corrected chi connectivity index (χ3v) is 4.77. The van der Waals surface area contributed by atoms with Gasteiger partial charge in [-0.15, -0.1) is 0 Å². The van der Waals surface area contributed by atoms with Crippen LogP contribution in [0.15, 0.2) is 48.7 Å². The van der Waals surface area contributed by atoms with E-state index in [4.69, 9.17) is 9.47 Å². The molecule has 140 valence electrons. The van der Waals surface area contributed by atoms with E-state index in [9.17, 15) is 4.79 Å². The Hall–Kier alpha value is -3.02. The second-order valence-electron chi connectivity index (χ2n) is 6.64. The van der Waals surface area contributed by atoms with E-state index in [-0.39, 0.29) is 12.0 Å². The molecule has 1 aromatic carbocycles. The van der Waals surface area contributed by atoms with Crippen molar-refractivity contribution >= 4 is 16.9 Å². The number of piperidine rings is 1. The van der Waals surface area contributed by atoms with Crippen molar-refractivity contribution < 1.29 is 14.3 Å². The number of carbonyl (C=O) groups excluding carboxylic acids is 1. The maximum absolute atomic E-state index is 12.8. The monoisotopic (exact) mass is 365 g/mol. The van der Waals surface area contributed by atoms with Crippen molar-refractivity contribution in [1.29, 1.82) is 0 Å². The number of rotatable bonds is 5. The summed E-state index contributed by atoms with van der Waals surface area (Å²) in [6.45, 7) is 3.95. The summed E-state index contributed by atoms with van der Waals surface area (Å²) in [6.07, 6.45) is 3.44. The van der Waals surface area contributed by atoms with Gasteiger partial charge in [0, 0.05) is 43.6 Å². The number of pyridine rings is 1. The summed E-state index contributed by atoms with van der Waals surface area (Å²) < 4.78 is 11.6. The lowest BCUT2D eigenvalue weighted by molar-refractivity contribution is 0.0590. The highest BCUT2D eigenvalue weighted by Crippen LogP contribution is 2.24. The number of hydrogen-bond acceptors (Lipinski definition) is 4. The average molecular weight is 365 g/mol. The van der Waals surface area contributed by atoms with Crippen LogP contribution in [-0.4, -0.2) is 46.6 Å². The van der Waals surface area contributed by atoms with Crippen LogP contribution in [-0.2, 0) is 0 Å². The van der Waals surface area contributed by atoms with Gasteiger partial charge in [-0.3, -0.25) is 4.79 Å². The fourth-order valence-electron chi connectivity index (χ4n) is 3.42. The van der Waals surface area contributed by atoms with Crippen LogP contribution < -0.4 is 9.47 Å². The molecule has 2 aromatic heterocycles. The van der Waals surface area contributed by atoms with E-state index in [0.717, 1.165) is 35.4 Å². The zero-order valence-corrected chi connectivity index (χ0v) is 15.4. The zero-order chi connectivity index (χ0) is 18.6. The lowest BCUT2D eigenvalue weighted by atomic mass is 10.1. The number of aromatic amines is 1. The molecule has 6 heteroatoms. The first-order valence-electron chi connectivity index (χ1n) is 9.35. The molecule has 1 saturated heterocycles. The predicted molar refractivity (Wildman–Crippen MR) is 103 cm³/mol. The number of nitrogens with one attached hydrogen (secondary N) is 1. The Bertz CT molecular complexity index is 896. The number of nitrogens with zero attached hydrogens (tertiary/aromatic N) is 2. The van der Waals surface area contributed by atoms with Crippen LogP contribution in [0.3, 0.4) is 0 Å². The molecular weight excluding hydrogens is 342 g/mol. The highest BCUT2D eigenvalue weighted by Gasteiger charge is 2.25. The van der Waals surface area contributed by atoms with Crippen molar-refractivity contribution in [2.24, 2.45) is 0 Å². The second-order valence-corrected chi connectivity index (χ2v) is 6.64. The molecule has 0 radical (unpaired) electrons. The van der Waals surface area contributed by atoms with Crippen LogP contribution in [0.25, 0.3) is 11.0 Å². The third kappa shape index (κ3) is 3.89. The zero-order valence-electron chi connectivity index (χ0n) is 15.4. The van der Waals surface area contributed by atoms with Gasteiger partial charge < -0.3 is 19.4 Å². The molecular formula is C21H23N3O3. The summed E-state index contributed by atoms with van der Waals surface area (Å²) in [5, 5.41) is 0.952. The number of aromatic nitrogens is 2. The minimum absolute atomic E-state index is 0.0183. The van der Waals surface area contributed by atoms with E-state index in [0.29, 0.717) is 25.4 Å². The molecule has 3 aromatic rings. The predicted octanol–water partition coefficient (Wildman–Crippen LogP) is 3.65. The number of amides is 1.